The van der Waals surface area contributed by atoms with Gasteiger partial charge >= 0.3 is 0 Å². The smallest absolute Gasteiger partial charge is 0.102 e. The van der Waals surface area contributed by atoms with Gasteiger partial charge in [-0.1, -0.05) is 57.6 Å². The van der Waals surface area contributed by atoms with Crippen LogP contribution in [0.15, 0.2) is 42.9 Å². The Morgan fingerprint density at radius 1 is 1.00 bits per heavy atom. The topological polar surface area (TPSA) is 73.9 Å². The molecule has 2 aromatic carbocycles. The molecule has 0 saturated heterocycles. The van der Waals surface area contributed by atoms with Crippen LogP contribution >= 0.6 is 0 Å². The maximum absolute atomic E-state index is 10.5. The average Bonchev–Trinajstić information content (AvgIpc) is 3.44. The predicted molar refractivity (Wildman–Crippen MR) is 159 cm³/mol. The van der Waals surface area contributed by atoms with E-state index in [4.69, 9.17) is 4.98 Å². The highest BCUT2D eigenvalue weighted by atomic mass is 16.3. The van der Waals surface area contributed by atoms with Crippen molar-refractivity contribution in [3.05, 3.63) is 59.6 Å². The number of hydrogen-bond acceptors (Lipinski definition) is 4. The maximum atomic E-state index is 10.5. The van der Waals surface area contributed by atoms with E-state index in [2.05, 4.69) is 59.5 Å². The van der Waals surface area contributed by atoms with Gasteiger partial charge in [0.15, 0.2) is 0 Å². The molecule has 1 aromatic heterocycles. The van der Waals surface area contributed by atoms with Crippen LogP contribution in [0.4, 0.5) is 5.69 Å². The van der Waals surface area contributed by atoms with Gasteiger partial charge in [-0.3, -0.25) is 0 Å². The van der Waals surface area contributed by atoms with E-state index >= 15 is 0 Å². The molecular formula is C34H42N4O. The van der Waals surface area contributed by atoms with Crippen molar-refractivity contribution in [1.29, 1.82) is 5.26 Å². The summed E-state index contributed by atoms with van der Waals surface area (Å²) in [7, 11) is 0. The van der Waals surface area contributed by atoms with Gasteiger partial charge in [0, 0.05) is 12.0 Å². The van der Waals surface area contributed by atoms with Gasteiger partial charge < -0.3 is 15.0 Å². The summed E-state index contributed by atoms with van der Waals surface area (Å²) in [6.07, 6.45) is 20.6. The lowest BCUT2D eigenvalue weighted by Gasteiger charge is -2.29. The van der Waals surface area contributed by atoms with E-state index in [-0.39, 0.29) is 12.0 Å². The second-order valence-electron chi connectivity index (χ2n) is 12.0. The molecule has 2 heterocycles. The molecule has 2 fully saturated rings. The van der Waals surface area contributed by atoms with Crippen molar-refractivity contribution in [3.8, 4) is 17.2 Å². The van der Waals surface area contributed by atoms with Gasteiger partial charge in [-0.2, -0.15) is 5.26 Å². The van der Waals surface area contributed by atoms with Crippen molar-refractivity contribution < 1.29 is 5.11 Å². The number of aromatic nitrogens is 2. The summed E-state index contributed by atoms with van der Waals surface area (Å²) >= 11 is 0. The van der Waals surface area contributed by atoms with Gasteiger partial charge in [-0.25, -0.2) is 4.98 Å². The van der Waals surface area contributed by atoms with Crippen LogP contribution in [0.1, 0.15) is 125 Å². The third-order valence-electron chi connectivity index (χ3n) is 9.60. The van der Waals surface area contributed by atoms with Crippen LogP contribution in [-0.4, -0.2) is 20.8 Å². The lowest BCUT2D eigenvalue weighted by molar-refractivity contribution is 0.150. The summed E-state index contributed by atoms with van der Waals surface area (Å²) in [6, 6.07) is 12.3. The minimum atomic E-state index is -0.185. The predicted octanol–water partition coefficient (Wildman–Crippen LogP) is 8.70. The summed E-state index contributed by atoms with van der Waals surface area (Å²) < 4.78 is 2.41. The Kier molecular flexibility index (Phi) is 7.75. The molecule has 3 aliphatic rings. The van der Waals surface area contributed by atoms with Crippen LogP contribution in [0.2, 0.25) is 0 Å². The van der Waals surface area contributed by atoms with Crippen molar-refractivity contribution in [3.63, 3.8) is 0 Å². The SMILES string of the molecule is CCC1C=CNc2c(C#N)c(C3CCCCC(O)CCC3)cc(-c3ccc4c(c3)ncn4C3CCCCC3)c21. The summed E-state index contributed by atoms with van der Waals surface area (Å²) in [5, 5.41) is 24.3. The second kappa shape index (κ2) is 11.6. The van der Waals surface area contributed by atoms with Gasteiger partial charge in [0.2, 0.25) is 0 Å². The lowest BCUT2D eigenvalue weighted by atomic mass is 9.78. The molecule has 2 saturated carbocycles. The molecule has 0 amide bonds. The van der Waals surface area contributed by atoms with Gasteiger partial charge in [-0.05, 0) is 97.5 Å². The van der Waals surface area contributed by atoms with Crippen LogP contribution in [0.5, 0.6) is 0 Å². The van der Waals surface area contributed by atoms with E-state index in [1.807, 2.05) is 6.20 Å². The number of nitrogens with one attached hydrogen (secondary N) is 1. The first-order valence-electron chi connectivity index (χ1n) is 15.4. The number of aliphatic hydroxyl groups excluding tert-OH is 1. The standard InChI is InChI=1S/C34H42N4O/c1-2-23-17-18-36-34-30(21-35)28(24-9-6-7-13-27(39)14-8-10-24)20-29(33(23)34)25-15-16-32-31(19-25)37-22-38(32)26-11-4-3-5-12-26/h15-20,22-24,26-27,36,39H,2-14H2,1H3. The lowest BCUT2D eigenvalue weighted by Crippen LogP contribution is -2.13. The van der Waals surface area contributed by atoms with Crippen molar-refractivity contribution in [2.75, 3.05) is 5.32 Å². The Hall–Kier alpha value is -3.10. The van der Waals surface area contributed by atoms with Gasteiger partial charge in [0.1, 0.15) is 6.07 Å². The Morgan fingerprint density at radius 2 is 1.77 bits per heavy atom. The zero-order valence-electron chi connectivity index (χ0n) is 23.3. The van der Waals surface area contributed by atoms with Crippen LogP contribution in [0.3, 0.4) is 0 Å². The molecule has 5 nitrogen and oxygen atoms in total. The quantitative estimate of drug-likeness (QED) is 0.359. The summed E-state index contributed by atoms with van der Waals surface area (Å²) in [5.74, 6) is 0.597. The number of allylic oxidation sites excluding steroid dienone is 1. The van der Waals surface area contributed by atoms with Crippen molar-refractivity contribution in [2.24, 2.45) is 0 Å². The normalized spacial score (nSPS) is 24.3. The third-order valence-corrected chi connectivity index (χ3v) is 9.60. The fourth-order valence-electron chi connectivity index (χ4n) is 7.44. The molecule has 2 aliphatic carbocycles. The van der Waals surface area contributed by atoms with E-state index in [0.29, 0.717) is 12.0 Å². The summed E-state index contributed by atoms with van der Waals surface area (Å²) in [6.45, 7) is 2.23. The van der Waals surface area contributed by atoms with Gasteiger partial charge in [0.05, 0.1) is 34.7 Å². The summed E-state index contributed by atoms with van der Waals surface area (Å²) in [5.41, 5.74) is 8.92. The molecule has 6 rings (SSSR count). The monoisotopic (exact) mass is 522 g/mol. The first-order chi connectivity index (χ1) is 19.2. The average molecular weight is 523 g/mol. The molecule has 1 aliphatic heterocycles. The number of benzene rings is 2. The maximum Gasteiger partial charge on any atom is 0.102 e. The second-order valence-corrected chi connectivity index (χ2v) is 12.0. The van der Waals surface area contributed by atoms with Gasteiger partial charge in [-0.15, -0.1) is 0 Å². The molecule has 3 aromatic rings. The molecule has 0 spiro atoms. The Balaban J connectivity index is 1.46. The Labute approximate surface area is 233 Å². The fraction of sp³-hybridized carbons (Fsp3) is 0.529. The van der Waals surface area contributed by atoms with E-state index in [1.165, 1.54) is 59.9 Å². The Bertz CT molecular complexity index is 1390. The largest absolute Gasteiger partial charge is 0.393 e. The number of anilines is 1. The number of rotatable bonds is 4. The number of aliphatic hydroxyl groups is 1. The van der Waals surface area contributed by atoms with Crippen LogP contribution in [0.25, 0.3) is 22.2 Å². The first-order valence-corrected chi connectivity index (χ1v) is 15.4. The summed E-state index contributed by atoms with van der Waals surface area (Å²) in [4.78, 5) is 4.87. The molecule has 3 unspecified atom stereocenters. The van der Waals surface area contributed by atoms with E-state index in [0.717, 1.165) is 68.1 Å². The molecule has 0 radical (unpaired) electrons. The molecule has 2 N–H and O–H groups in total. The number of imidazole rings is 1. The van der Waals surface area contributed by atoms with Crippen LogP contribution in [0, 0.1) is 11.3 Å². The Morgan fingerprint density at radius 3 is 2.59 bits per heavy atom. The zero-order chi connectivity index (χ0) is 26.8. The van der Waals surface area contributed by atoms with Crippen LogP contribution in [-0.2, 0) is 0 Å². The van der Waals surface area contributed by atoms with Crippen molar-refractivity contribution >= 4 is 16.7 Å². The number of nitrogens with zero attached hydrogens (tertiary/aromatic N) is 3. The number of fused-ring (bicyclic) bond motifs is 2. The zero-order valence-corrected chi connectivity index (χ0v) is 23.3. The molecule has 204 valence electrons. The van der Waals surface area contributed by atoms with Crippen molar-refractivity contribution in [2.45, 2.75) is 114 Å². The van der Waals surface area contributed by atoms with Crippen molar-refractivity contribution in [1.82, 2.24) is 9.55 Å². The molecule has 39 heavy (non-hydrogen) atoms. The molecule has 5 heteroatoms. The van der Waals surface area contributed by atoms with Gasteiger partial charge in [0.25, 0.3) is 0 Å². The highest BCUT2D eigenvalue weighted by Gasteiger charge is 2.28. The third kappa shape index (κ3) is 5.12. The van der Waals surface area contributed by atoms with E-state index < -0.39 is 0 Å². The minimum Gasteiger partial charge on any atom is -0.393 e. The number of hydrogen-bond donors (Lipinski definition) is 2. The van der Waals surface area contributed by atoms with E-state index in [9.17, 15) is 10.4 Å². The minimum absolute atomic E-state index is 0.185. The molecule has 3 atom stereocenters. The molecular weight excluding hydrogens is 480 g/mol. The number of nitriles is 1. The molecule has 0 bridgehead atoms. The first kappa shape index (κ1) is 26.1. The van der Waals surface area contributed by atoms with Crippen LogP contribution < -0.4 is 5.32 Å². The highest BCUT2D eigenvalue weighted by molar-refractivity contribution is 5.87. The van der Waals surface area contributed by atoms with E-state index in [1.54, 1.807) is 0 Å². The highest BCUT2D eigenvalue weighted by Crippen LogP contribution is 2.46. The fourth-order valence-corrected chi connectivity index (χ4v) is 7.44.